The summed E-state index contributed by atoms with van der Waals surface area (Å²) < 4.78 is 0. The zero-order valence-electron chi connectivity index (χ0n) is 13.3. The summed E-state index contributed by atoms with van der Waals surface area (Å²) in [6.07, 6.45) is 17.3. The van der Waals surface area contributed by atoms with Crippen molar-refractivity contribution in [2.75, 3.05) is 0 Å². The summed E-state index contributed by atoms with van der Waals surface area (Å²) in [4.78, 5) is 12.2. The Kier molecular flexibility index (Phi) is 8.41. The van der Waals surface area contributed by atoms with E-state index in [-0.39, 0.29) is 0 Å². The average molecular weight is 266 g/mol. The van der Waals surface area contributed by atoms with E-state index in [1.165, 1.54) is 70.6 Å². The monoisotopic (exact) mass is 266 g/mol. The number of rotatable bonds is 10. The molecule has 0 aromatic heterocycles. The second-order valence-corrected chi connectivity index (χ2v) is 6.65. The van der Waals surface area contributed by atoms with Gasteiger partial charge in [-0.1, -0.05) is 71.6 Å². The summed E-state index contributed by atoms with van der Waals surface area (Å²) in [5.74, 6) is 0.541. The molecule has 1 aliphatic rings. The number of carbonyl (C=O) groups is 1. The molecule has 1 heteroatoms. The standard InChI is InChI=1S/C18H34O/c1-3-5-6-7-8-10-13-17(19)16-18(4-2)14-11-9-12-15-18/h3-16H2,1-2H3. The van der Waals surface area contributed by atoms with Crippen molar-refractivity contribution in [2.24, 2.45) is 5.41 Å². The van der Waals surface area contributed by atoms with Gasteiger partial charge in [-0.05, 0) is 24.7 Å². The molecule has 0 unspecified atom stereocenters. The number of hydrogen-bond acceptors (Lipinski definition) is 1. The van der Waals surface area contributed by atoms with Gasteiger partial charge in [0, 0.05) is 12.8 Å². The fourth-order valence-corrected chi connectivity index (χ4v) is 3.57. The summed E-state index contributed by atoms with van der Waals surface area (Å²) in [5.41, 5.74) is 0.386. The van der Waals surface area contributed by atoms with Gasteiger partial charge in [0.25, 0.3) is 0 Å². The first-order chi connectivity index (χ1) is 9.22. The Morgan fingerprint density at radius 3 is 2.16 bits per heavy atom. The van der Waals surface area contributed by atoms with Crippen molar-refractivity contribution in [3.05, 3.63) is 0 Å². The Balaban J connectivity index is 2.15. The highest BCUT2D eigenvalue weighted by Crippen LogP contribution is 2.42. The van der Waals surface area contributed by atoms with E-state index in [1.54, 1.807) is 0 Å². The van der Waals surface area contributed by atoms with E-state index in [9.17, 15) is 4.79 Å². The SMILES string of the molecule is CCCCCCCCC(=O)CC1(CC)CCCCC1. The fraction of sp³-hybridized carbons (Fsp3) is 0.944. The largest absolute Gasteiger partial charge is 0.300 e. The highest BCUT2D eigenvalue weighted by molar-refractivity contribution is 5.79. The predicted molar refractivity (Wildman–Crippen MR) is 83.4 cm³/mol. The number of unbranched alkanes of at least 4 members (excludes halogenated alkanes) is 5. The zero-order valence-corrected chi connectivity index (χ0v) is 13.3. The summed E-state index contributed by atoms with van der Waals surface area (Å²) >= 11 is 0. The van der Waals surface area contributed by atoms with Gasteiger partial charge in [-0.2, -0.15) is 0 Å². The molecule has 112 valence electrons. The van der Waals surface area contributed by atoms with E-state index in [0.717, 1.165) is 19.3 Å². The summed E-state index contributed by atoms with van der Waals surface area (Å²) in [6.45, 7) is 4.53. The molecule has 0 atom stereocenters. The molecule has 0 aromatic carbocycles. The Morgan fingerprint density at radius 2 is 1.53 bits per heavy atom. The predicted octanol–water partition coefficient (Wildman–Crippen LogP) is 6.06. The van der Waals surface area contributed by atoms with Gasteiger partial charge in [0.05, 0.1) is 0 Å². The lowest BCUT2D eigenvalue weighted by atomic mass is 9.69. The molecule has 19 heavy (non-hydrogen) atoms. The molecule has 0 heterocycles. The maximum absolute atomic E-state index is 12.2. The number of carbonyl (C=O) groups excluding carboxylic acids is 1. The zero-order chi connectivity index (χ0) is 14.0. The molecule has 1 fully saturated rings. The molecule has 1 nitrogen and oxygen atoms in total. The molecular formula is C18H34O. The Labute approximate surface area is 120 Å². The minimum Gasteiger partial charge on any atom is -0.300 e. The molecule has 1 saturated carbocycles. The topological polar surface area (TPSA) is 17.1 Å². The normalized spacial score (nSPS) is 18.4. The molecule has 0 aliphatic heterocycles. The molecule has 0 amide bonds. The molecule has 0 saturated heterocycles. The average Bonchev–Trinajstić information content (AvgIpc) is 2.43. The van der Waals surface area contributed by atoms with Crippen LogP contribution in [0.1, 0.15) is 104 Å². The van der Waals surface area contributed by atoms with E-state index < -0.39 is 0 Å². The number of ketones is 1. The third-order valence-corrected chi connectivity index (χ3v) is 5.05. The van der Waals surface area contributed by atoms with Crippen LogP contribution in [0.4, 0.5) is 0 Å². The lowest BCUT2D eigenvalue weighted by Crippen LogP contribution is -2.26. The van der Waals surface area contributed by atoms with Crippen LogP contribution >= 0.6 is 0 Å². The second-order valence-electron chi connectivity index (χ2n) is 6.65. The van der Waals surface area contributed by atoms with E-state index in [1.807, 2.05) is 0 Å². The van der Waals surface area contributed by atoms with Crippen molar-refractivity contribution in [3.8, 4) is 0 Å². The Morgan fingerprint density at radius 1 is 0.895 bits per heavy atom. The van der Waals surface area contributed by atoms with Crippen LogP contribution < -0.4 is 0 Å². The van der Waals surface area contributed by atoms with Crippen LogP contribution in [0.2, 0.25) is 0 Å². The van der Waals surface area contributed by atoms with Crippen molar-refractivity contribution in [1.29, 1.82) is 0 Å². The van der Waals surface area contributed by atoms with Crippen molar-refractivity contribution < 1.29 is 4.79 Å². The first-order valence-corrected chi connectivity index (χ1v) is 8.74. The minimum atomic E-state index is 0.386. The van der Waals surface area contributed by atoms with Crippen molar-refractivity contribution in [3.63, 3.8) is 0 Å². The third-order valence-electron chi connectivity index (χ3n) is 5.05. The Bertz CT molecular complexity index is 238. The van der Waals surface area contributed by atoms with Gasteiger partial charge in [0.1, 0.15) is 5.78 Å². The van der Waals surface area contributed by atoms with Crippen LogP contribution in [0.3, 0.4) is 0 Å². The quantitative estimate of drug-likeness (QED) is 0.439. The molecule has 1 aliphatic carbocycles. The first-order valence-electron chi connectivity index (χ1n) is 8.74. The van der Waals surface area contributed by atoms with E-state index in [4.69, 9.17) is 0 Å². The highest BCUT2D eigenvalue weighted by atomic mass is 16.1. The lowest BCUT2D eigenvalue weighted by Gasteiger charge is -2.36. The van der Waals surface area contributed by atoms with Gasteiger partial charge in [-0.15, -0.1) is 0 Å². The van der Waals surface area contributed by atoms with Crippen molar-refractivity contribution in [1.82, 2.24) is 0 Å². The smallest absolute Gasteiger partial charge is 0.133 e. The van der Waals surface area contributed by atoms with Gasteiger partial charge in [0.15, 0.2) is 0 Å². The molecule has 0 aromatic rings. The molecule has 0 N–H and O–H groups in total. The molecule has 0 radical (unpaired) electrons. The van der Waals surface area contributed by atoms with Crippen LogP contribution in [0, 0.1) is 5.41 Å². The maximum Gasteiger partial charge on any atom is 0.133 e. The summed E-state index contributed by atoms with van der Waals surface area (Å²) in [5, 5.41) is 0. The van der Waals surface area contributed by atoms with E-state index >= 15 is 0 Å². The summed E-state index contributed by atoms with van der Waals surface area (Å²) in [6, 6.07) is 0. The highest BCUT2D eigenvalue weighted by Gasteiger charge is 2.31. The lowest BCUT2D eigenvalue weighted by molar-refractivity contribution is -0.122. The van der Waals surface area contributed by atoms with Crippen LogP contribution in [0.5, 0.6) is 0 Å². The van der Waals surface area contributed by atoms with Gasteiger partial charge < -0.3 is 0 Å². The Hall–Kier alpha value is -0.330. The van der Waals surface area contributed by atoms with Gasteiger partial charge in [-0.3, -0.25) is 4.79 Å². The number of Topliss-reactive ketones (excluding diaryl/α,β-unsaturated/α-hetero) is 1. The third kappa shape index (κ3) is 6.58. The van der Waals surface area contributed by atoms with Crippen LogP contribution in [0.25, 0.3) is 0 Å². The molecule has 0 spiro atoms. The summed E-state index contributed by atoms with van der Waals surface area (Å²) in [7, 11) is 0. The molecular weight excluding hydrogens is 232 g/mol. The van der Waals surface area contributed by atoms with Crippen LogP contribution in [0.15, 0.2) is 0 Å². The number of hydrogen-bond donors (Lipinski definition) is 0. The van der Waals surface area contributed by atoms with Gasteiger partial charge in [0.2, 0.25) is 0 Å². The van der Waals surface area contributed by atoms with Crippen LogP contribution in [-0.4, -0.2) is 5.78 Å². The van der Waals surface area contributed by atoms with Gasteiger partial charge >= 0.3 is 0 Å². The minimum absolute atomic E-state index is 0.386. The molecule has 0 bridgehead atoms. The van der Waals surface area contributed by atoms with E-state index in [0.29, 0.717) is 11.2 Å². The second kappa shape index (κ2) is 9.55. The van der Waals surface area contributed by atoms with Crippen LogP contribution in [-0.2, 0) is 4.79 Å². The van der Waals surface area contributed by atoms with Gasteiger partial charge in [-0.25, -0.2) is 0 Å². The first kappa shape index (κ1) is 16.7. The van der Waals surface area contributed by atoms with Crippen molar-refractivity contribution >= 4 is 5.78 Å². The molecule has 1 rings (SSSR count). The fourth-order valence-electron chi connectivity index (χ4n) is 3.57. The van der Waals surface area contributed by atoms with E-state index in [2.05, 4.69) is 13.8 Å². The maximum atomic E-state index is 12.2. The van der Waals surface area contributed by atoms with Crippen molar-refractivity contribution in [2.45, 2.75) is 104 Å².